The van der Waals surface area contributed by atoms with Crippen molar-refractivity contribution in [2.75, 3.05) is 13.7 Å². The van der Waals surface area contributed by atoms with E-state index in [-0.39, 0.29) is 11.4 Å². The van der Waals surface area contributed by atoms with Gasteiger partial charge in [0.15, 0.2) is 0 Å². The molecular weight excluding hydrogens is 270 g/mol. The lowest BCUT2D eigenvalue weighted by atomic mass is 10.2. The van der Waals surface area contributed by atoms with Gasteiger partial charge in [-0.1, -0.05) is 12.1 Å². The highest BCUT2D eigenvalue weighted by Crippen LogP contribution is 2.23. The third-order valence-corrected chi connectivity index (χ3v) is 3.87. The Morgan fingerprint density at radius 2 is 2.22 bits per heavy atom. The molecule has 0 spiro atoms. The molecule has 2 aromatic heterocycles. The van der Waals surface area contributed by atoms with Crippen LogP contribution in [-0.4, -0.2) is 18.3 Å². The van der Waals surface area contributed by atoms with Crippen LogP contribution in [-0.2, 0) is 17.2 Å². The summed E-state index contributed by atoms with van der Waals surface area (Å²) in [5.41, 5.74) is 1.50. The van der Waals surface area contributed by atoms with Crippen LogP contribution in [0.5, 0.6) is 0 Å². The van der Waals surface area contributed by atoms with Gasteiger partial charge in [-0.15, -0.1) is 22.9 Å². The molecule has 0 fully saturated rings. The van der Waals surface area contributed by atoms with Crippen molar-refractivity contribution in [2.24, 2.45) is 0 Å². The minimum absolute atomic E-state index is 0.0343. The minimum Gasteiger partial charge on any atom is -0.383 e. The maximum absolute atomic E-state index is 12.2. The van der Waals surface area contributed by atoms with E-state index >= 15 is 0 Å². The highest BCUT2D eigenvalue weighted by atomic mass is 35.5. The van der Waals surface area contributed by atoms with Crippen LogP contribution in [0.25, 0.3) is 10.6 Å². The molecule has 0 aliphatic heterocycles. The van der Waals surface area contributed by atoms with Crippen molar-refractivity contribution in [3.8, 4) is 10.6 Å². The van der Waals surface area contributed by atoms with E-state index in [1.807, 2.05) is 23.6 Å². The van der Waals surface area contributed by atoms with Crippen LogP contribution in [0.15, 0.2) is 34.4 Å². The molecule has 3 nitrogen and oxygen atoms in total. The molecule has 2 aromatic rings. The Kier molecular flexibility index (Phi) is 4.58. The highest BCUT2D eigenvalue weighted by Gasteiger charge is 2.10. The molecule has 0 amide bonds. The van der Waals surface area contributed by atoms with Crippen molar-refractivity contribution < 1.29 is 4.74 Å². The van der Waals surface area contributed by atoms with Gasteiger partial charge in [0.05, 0.1) is 23.1 Å². The average Bonchev–Trinajstić information content (AvgIpc) is 2.90. The number of hydrogen-bond donors (Lipinski definition) is 0. The lowest BCUT2D eigenvalue weighted by Crippen LogP contribution is -2.26. The summed E-state index contributed by atoms with van der Waals surface area (Å²) in [6.07, 6.45) is 0. The molecule has 0 aromatic carbocycles. The second-order valence-electron chi connectivity index (χ2n) is 3.80. The first-order valence-electron chi connectivity index (χ1n) is 5.59. The van der Waals surface area contributed by atoms with Gasteiger partial charge < -0.3 is 9.30 Å². The zero-order valence-corrected chi connectivity index (χ0v) is 11.6. The third-order valence-electron chi connectivity index (χ3n) is 2.69. The van der Waals surface area contributed by atoms with Crippen LogP contribution in [0.3, 0.4) is 0 Å². The molecule has 0 bridgehead atoms. The second kappa shape index (κ2) is 6.18. The quantitative estimate of drug-likeness (QED) is 0.790. The number of alkyl halides is 1. The molecule has 5 heteroatoms. The topological polar surface area (TPSA) is 31.2 Å². The number of halogens is 1. The fraction of sp³-hybridized carbons (Fsp3) is 0.308. The smallest absolute Gasteiger partial charge is 0.255 e. The molecule has 0 saturated carbocycles. The number of pyridine rings is 1. The zero-order valence-electron chi connectivity index (χ0n) is 10.1. The van der Waals surface area contributed by atoms with Gasteiger partial charge in [0.2, 0.25) is 0 Å². The summed E-state index contributed by atoms with van der Waals surface area (Å²) < 4.78 is 6.79. The average molecular weight is 284 g/mol. The summed E-state index contributed by atoms with van der Waals surface area (Å²) in [5.74, 6) is 0.233. The fourth-order valence-corrected chi connectivity index (χ4v) is 2.73. The number of ether oxygens (including phenoxy) is 1. The molecule has 2 rings (SSSR count). The van der Waals surface area contributed by atoms with E-state index in [1.54, 1.807) is 29.1 Å². The Bertz CT molecular complexity index is 563. The molecule has 2 heterocycles. The normalized spacial score (nSPS) is 10.8. The Balaban J connectivity index is 2.52. The second-order valence-corrected chi connectivity index (χ2v) is 5.02. The van der Waals surface area contributed by atoms with Crippen molar-refractivity contribution >= 4 is 22.9 Å². The number of rotatable bonds is 5. The minimum atomic E-state index is -0.0343. The van der Waals surface area contributed by atoms with Crippen LogP contribution >= 0.6 is 22.9 Å². The van der Waals surface area contributed by atoms with E-state index in [0.29, 0.717) is 18.7 Å². The first kappa shape index (κ1) is 13.3. The van der Waals surface area contributed by atoms with Crippen LogP contribution in [0.4, 0.5) is 0 Å². The number of hydrogen-bond acceptors (Lipinski definition) is 3. The van der Waals surface area contributed by atoms with Crippen molar-refractivity contribution in [1.82, 2.24) is 4.57 Å². The number of nitrogens with zero attached hydrogens (tertiary/aromatic N) is 1. The third kappa shape index (κ3) is 2.66. The van der Waals surface area contributed by atoms with Crippen LogP contribution in [0.1, 0.15) is 5.56 Å². The van der Waals surface area contributed by atoms with Gasteiger partial charge >= 0.3 is 0 Å². The Morgan fingerprint density at radius 1 is 1.39 bits per heavy atom. The summed E-state index contributed by atoms with van der Waals surface area (Å²) in [5, 5.41) is 2.00. The van der Waals surface area contributed by atoms with Gasteiger partial charge in [0.25, 0.3) is 5.56 Å². The maximum atomic E-state index is 12.2. The van der Waals surface area contributed by atoms with Gasteiger partial charge in [-0.3, -0.25) is 4.79 Å². The summed E-state index contributed by atoms with van der Waals surface area (Å²) >= 11 is 7.39. The van der Waals surface area contributed by atoms with Gasteiger partial charge in [-0.2, -0.15) is 0 Å². The summed E-state index contributed by atoms with van der Waals surface area (Å²) in [6.45, 7) is 1.04. The van der Waals surface area contributed by atoms with Crippen LogP contribution < -0.4 is 5.56 Å². The Morgan fingerprint density at radius 3 is 2.83 bits per heavy atom. The lowest BCUT2D eigenvalue weighted by molar-refractivity contribution is 0.186. The largest absolute Gasteiger partial charge is 0.383 e. The highest BCUT2D eigenvalue weighted by molar-refractivity contribution is 7.13. The molecule has 0 saturated heterocycles. The van der Waals surface area contributed by atoms with E-state index in [1.165, 1.54) is 0 Å². The van der Waals surface area contributed by atoms with Gasteiger partial charge in [-0.05, 0) is 17.5 Å². The molecule has 0 aliphatic carbocycles. The predicted molar refractivity (Wildman–Crippen MR) is 75.4 cm³/mol. The molecule has 0 unspecified atom stereocenters. The zero-order chi connectivity index (χ0) is 13.0. The SMILES string of the molecule is COCCn1c(-c2cccs2)ccc(CCl)c1=O. The van der Waals surface area contributed by atoms with Crippen LogP contribution in [0.2, 0.25) is 0 Å². The summed E-state index contributed by atoms with van der Waals surface area (Å²) in [4.78, 5) is 13.3. The van der Waals surface area contributed by atoms with Gasteiger partial charge in [0, 0.05) is 19.2 Å². The van der Waals surface area contributed by atoms with E-state index in [4.69, 9.17) is 16.3 Å². The molecule has 96 valence electrons. The number of aromatic nitrogens is 1. The van der Waals surface area contributed by atoms with Crippen molar-refractivity contribution in [3.63, 3.8) is 0 Å². The van der Waals surface area contributed by atoms with Crippen molar-refractivity contribution in [3.05, 3.63) is 45.6 Å². The van der Waals surface area contributed by atoms with E-state index in [0.717, 1.165) is 10.6 Å². The fourth-order valence-electron chi connectivity index (χ4n) is 1.77. The molecule has 0 atom stereocenters. The molecular formula is C13H14ClNO2S. The standard InChI is InChI=1S/C13H14ClNO2S/c1-17-7-6-15-11(12-3-2-8-18-12)5-4-10(9-14)13(15)16/h2-5,8H,6-7,9H2,1H3. The van der Waals surface area contributed by atoms with E-state index < -0.39 is 0 Å². The lowest BCUT2D eigenvalue weighted by Gasteiger charge is -2.12. The molecule has 0 aliphatic rings. The van der Waals surface area contributed by atoms with Gasteiger partial charge in [0.1, 0.15) is 0 Å². The number of methoxy groups -OCH3 is 1. The molecule has 0 radical (unpaired) electrons. The molecule has 0 N–H and O–H groups in total. The monoisotopic (exact) mass is 283 g/mol. The number of thiophene rings is 1. The predicted octanol–water partition coefficient (Wildman–Crippen LogP) is 2.96. The first-order chi connectivity index (χ1) is 8.77. The summed E-state index contributed by atoms with van der Waals surface area (Å²) in [7, 11) is 1.63. The van der Waals surface area contributed by atoms with Crippen LogP contribution in [0, 0.1) is 0 Å². The van der Waals surface area contributed by atoms with E-state index in [9.17, 15) is 4.79 Å². The first-order valence-corrected chi connectivity index (χ1v) is 7.01. The summed E-state index contributed by atoms with van der Waals surface area (Å²) in [6, 6.07) is 7.72. The molecule has 18 heavy (non-hydrogen) atoms. The maximum Gasteiger partial charge on any atom is 0.255 e. The Hall–Kier alpha value is -1.10. The van der Waals surface area contributed by atoms with Gasteiger partial charge in [-0.25, -0.2) is 0 Å². The Labute approximate surface area is 115 Å². The van der Waals surface area contributed by atoms with Crippen molar-refractivity contribution in [2.45, 2.75) is 12.4 Å². The van der Waals surface area contributed by atoms with E-state index in [2.05, 4.69) is 0 Å². The van der Waals surface area contributed by atoms with Crippen molar-refractivity contribution in [1.29, 1.82) is 0 Å².